The molecule has 1 aliphatic heterocycles. The Morgan fingerprint density at radius 3 is 2.95 bits per heavy atom. The van der Waals surface area contributed by atoms with E-state index in [9.17, 15) is 4.79 Å². The molecule has 110 valence electrons. The summed E-state index contributed by atoms with van der Waals surface area (Å²) in [6.45, 7) is 2.03. The Labute approximate surface area is 123 Å². The number of aromatic amines is 1. The van der Waals surface area contributed by atoms with Crippen LogP contribution in [0.25, 0.3) is 11.4 Å². The molecule has 0 saturated carbocycles. The lowest BCUT2D eigenvalue weighted by atomic mass is 9.97. The van der Waals surface area contributed by atoms with E-state index in [0.29, 0.717) is 6.54 Å². The number of H-pyrrole nitrogens is 1. The molecule has 6 heteroatoms. The summed E-state index contributed by atoms with van der Waals surface area (Å²) < 4.78 is 0. The van der Waals surface area contributed by atoms with Crippen LogP contribution in [-0.4, -0.2) is 45.6 Å². The molecule has 0 aliphatic carbocycles. The van der Waals surface area contributed by atoms with Gasteiger partial charge < -0.3 is 5.73 Å². The summed E-state index contributed by atoms with van der Waals surface area (Å²) in [4.78, 5) is 17.7. The number of piperidine rings is 1. The second-order valence-electron chi connectivity index (χ2n) is 5.45. The Hall–Kier alpha value is -2.21. The molecule has 1 aromatic heterocycles. The average molecular weight is 285 g/mol. The van der Waals surface area contributed by atoms with Crippen LogP contribution >= 0.6 is 0 Å². The first-order chi connectivity index (χ1) is 10.2. The topological polar surface area (TPSA) is 87.9 Å². The average Bonchev–Trinajstić information content (AvgIpc) is 2.98. The van der Waals surface area contributed by atoms with Crippen LogP contribution in [0.4, 0.5) is 0 Å². The van der Waals surface area contributed by atoms with Gasteiger partial charge >= 0.3 is 0 Å². The summed E-state index contributed by atoms with van der Waals surface area (Å²) >= 11 is 0. The van der Waals surface area contributed by atoms with E-state index >= 15 is 0 Å². The van der Waals surface area contributed by atoms with Crippen molar-refractivity contribution in [2.75, 3.05) is 19.6 Å². The Morgan fingerprint density at radius 1 is 1.38 bits per heavy atom. The van der Waals surface area contributed by atoms with Gasteiger partial charge in [0.05, 0.1) is 6.54 Å². The van der Waals surface area contributed by atoms with Crippen LogP contribution < -0.4 is 5.73 Å². The number of benzene rings is 1. The molecule has 1 saturated heterocycles. The lowest BCUT2D eigenvalue weighted by Gasteiger charge is -2.30. The molecule has 2 aromatic rings. The van der Waals surface area contributed by atoms with Crippen LogP contribution in [0.5, 0.6) is 0 Å². The first kappa shape index (κ1) is 13.8. The van der Waals surface area contributed by atoms with Crippen LogP contribution in [0, 0.1) is 0 Å². The minimum absolute atomic E-state index is 0.279. The van der Waals surface area contributed by atoms with Crippen LogP contribution in [0.3, 0.4) is 0 Å². The van der Waals surface area contributed by atoms with Crippen LogP contribution in [0.1, 0.15) is 24.6 Å². The molecule has 1 fully saturated rings. The SMILES string of the molecule is NC(=O)CN1CCC[C@H](c2nc(-c3ccccc3)n[nH]2)C1. The zero-order chi connectivity index (χ0) is 14.7. The molecular formula is C15H19N5O. The zero-order valence-corrected chi connectivity index (χ0v) is 11.8. The van der Waals surface area contributed by atoms with E-state index < -0.39 is 0 Å². The predicted octanol–water partition coefficient (Wildman–Crippen LogP) is 1.14. The maximum absolute atomic E-state index is 11.0. The van der Waals surface area contributed by atoms with Crippen molar-refractivity contribution in [3.05, 3.63) is 36.2 Å². The highest BCUT2D eigenvalue weighted by Crippen LogP contribution is 2.25. The number of carbonyl (C=O) groups excluding carboxylic acids is 1. The third-order valence-corrected chi connectivity index (χ3v) is 3.81. The molecule has 6 nitrogen and oxygen atoms in total. The summed E-state index contributed by atoms with van der Waals surface area (Å²) in [7, 11) is 0. The Kier molecular flexibility index (Phi) is 3.96. The molecule has 1 aromatic carbocycles. The van der Waals surface area contributed by atoms with Crippen molar-refractivity contribution in [1.82, 2.24) is 20.1 Å². The van der Waals surface area contributed by atoms with Gasteiger partial charge in [0.1, 0.15) is 5.82 Å². The quantitative estimate of drug-likeness (QED) is 0.881. The second-order valence-corrected chi connectivity index (χ2v) is 5.45. The highest BCUT2D eigenvalue weighted by atomic mass is 16.1. The molecule has 1 aliphatic rings. The molecule has 3 rings (SSSR count). The third kappa shape index (κ3) is 3.28. The van der Waals surface area contributed by atoms with Crippen molar-refractivity contribution in [1.29, 1.82) is 0 Å². The predicted molar refractivity (Wildman–Crippen MR) is 79.4 cm³/mol. The Morgan fingerprint density at radius 2 is 2.19 bits per heavy atom. The van der Waals surface area contributed by atoms with Crippen LogP contribution in [0.2, 0.25) is 0 Å². The van der Waals surface area contributed by atoms with Crippen molar-refractivity contribution in [3.63, 3.8) is 0 Å². The molecule has 21 heavy (non-hydrogen) atoms. The van der Waals surface area contributed by atoms with Crippen molar-refractivity contribution >= 4 is 5.91 Å². The number of nitrogens with one attached hydrogen (secondary N) is 1. The lowest BCUT2D eigenvalue weighted by Crippen LogP contribution is -2.40. The van der Waals surface area contributed by atoms with E-state index in [1.54, 1.807) is 0 Å². The molecule has 1 atom stereocenters. The first-order valence-electron chi connectivity index (χ1n) is 7.21. The molecule has 0 bridgehead atoms. The van der Waals surface area contributed by atoms with Crippen molar-refractivity contribution < 1.29 is 4.79 Å². The summed E-state index contributed by atoms with van der Waals surface area (Å²) in [6.07, 6.45) is 2.10. The van der Waals surface area contributed by atoms with Gasteiger partial charge in [-0.2, -0.15) is 5.10 Å². The Balaban J connectivity index is 1.72. The minimum atomic E-state index is -0.279. The van der Waals surface area contributed by atoms with E-state index in [1.165, 1.54) is 0 Å². The smallest absolute Gasteiger partial charge is 0.231 e. The fourth-order valence-corrected chi connectivity index (χ4v) is 2.82. The molecule has 0 spiro atoms. The van der Waals surface area contributed by atoms with Gasteiger partial charge in [-0.25, -0.2) is 4.98 Å². The maximum Gasteiger partial charge on any atom is 0.231 e. The number of hydrogen-bond donors (Lipinski definition) is 2. The van der Waals surface area contributed by atoms with Crippen molar-refractivity contribution in [2.24, 2.45) is 5.73 Å². The van der Waals surface area contributed by atoms with E-state index in [4.69, 9.17) is 5.73 Å². The Bertz CT molecular complexity index is 610. The normalized spacial score (nSPS) is 19.5. The van der Waals surface area contributed by atoms with Crippen LogP contribution in [-0.2, 0) is 4.79 Å². The third-order valence-electron chi connectivity index (χ3n) is 3.81. The van der Waals surface area contributed by atoms with Crippen LogP contribution in [0.15, 0.2) is 30.3 Å². The fraction of sp³-hybridized carbons (Fsp3) is 0.400. The fourth-order valence-electron chi connectivity index (χ4n) is 2.82. The van der Waals surface area contributed by atoms with Gasteiger partial charge in [-0.15, -0.1) is 0 Å². The number of nitrogens with two attached hydrogens (primary N) is 1. The van der Waals surface area contributed by atoms with Gasteiger partial charge in [0.2, 0.25) is 5.91 Å². The van der Waals surface area contributed by atoms with Gasteiger partial charge in [-0.3, -0.25) is 14.8 Å². The number of likely N-dealkylation sites (tertiary alicyclic amines) is 1. The molecule has 1 amide bonds. The molecule has 0 radical (unpaired) electrons. The second kappa shape index (κ2) is 6.05. The summed E-state index contributed by atoms with van der Waals surface area (Å²) in [6, 6.07) is 9.90. The first-order valence-corrected chi connectivity index (χ1v) is 7.21. The summed E-state index contributed by atoms with van der Waals surface area (Å²) in [5.74, 6) is 1.61. The monoisotopic (exact) mass is 285 g/mol. The number of hydrogen-bond acceptors (Lipinski definition) is 4. The minimum Gasteiger partial charge on any atom is -0.369 e. The van der Waals surface area contributed by atoms with Gasteiger partial charge in [0.15, 0.2) is 5.82 Å². The summed E-state index contributed by atoms with van der Waals surface area (Å²) in [5.41, 5.74) is 6.28. The van der Waals surface area contributed by atoms with E-state index in [-0.39, 0.29) is 11.8 Å². The van der Waals surface area contributed by atoms with Gasteiger partial charge in [-0.05, 0) is 19.4 Å². The van der Waals surface area contributed by atoms with Crippen molar-refractivity contribution in [2.45, 2.75) is 18.8 Å². The van der Waals surface area contributed by atoms with E-state index in [0.717, 1.165) is 43.1 Å². The molecule has 2 heterocycles. The van der Waals surface area contributed by atoms with Gasteiger partial charge in [0, 0.05) is 18.0 Å². The number of aromatic nitrogens is 3. The lowest BCUT2D eigenvalue weighted by molar-refractivity contribution is -0.119. The molecular weight excluding hydrogens is 266 g/mol. The maximum atomic E-state index is 11.0. The van der Waals surface area contributed by atoms with E-state index in [2.05, 4.69) is 20.1 Å². The van der Waals surface area contributed by atoms with Gasteiger partial charge in [0.25, 0.3) is 0 Å². The molecule has 0 unspecified atom stereocenters. The number of amides is 1. The molecule has 3 N–H and O–H groups in total. The van der Waals surface area contributed by atoms with Gasteiger partial charge in [-0.1, -0.05) is 30.3 Å². The highest BCUT2D eigenvalue weighted by molar-refractivity contribution is 5.75. The summed E-state index contributed by atoms with van der Waals surface area (Å²) in [5, 5.41) is 7.35. The number of rotatable bonds is 4. The van der Waals surface area contributed by atoms with E-state index in [1.807, 2.05) is 30.3 Å². The number of nitrogens with zero attached hydrogens (tertiary/aromatic N) is 3. The number of primary amides is 1. The zero-order valence-electron chi connectivity index (χ0n) is 11.8. The standard InChI is InChI=1S/C15H19N5O/c16-13(21)10-20-8-4-7-12(9-20)15-17-14(18-19-15)11-5-2-1-3-6-11/h1-3,5-6,12H,4,7-10H2,(H2,16,21)(H,17,18,19)/t12-/m0/s1. The number of carbonyl (C=O) groups is 1. The largest absolute Gasteiger partial charge is 0.369 e. The van der Waals surface area contributed by atoms with Crippen molar-refractivity contribution in [3.8, 4) is 11.4 Å². The highest BCUT2D eigenvalue weighted by Gasteiger charge is 2.24.